The van der Waals surface area contributed by atoms with Crippen molar-refractivity contribution in [2.75, 3.05) is 14.2 Å². The molecule has 7 nitrogen and oxygen atoms in total. The first kappa shape index (κ1) is 16.6. The van der Waals surface area contributed by atoms with Crippen LogP contribution in [-0.4, -0.2) is 39.1 Å². The lowest BCUT2D eigenvalue weighted by Crippen LogP contribution is -2.01. The summed E-state index contributed by atoms with van der Waals surface area (Å²) in [5, 5.41) is 18.8. The fourth-order valence-corrected chi connectivity index (χ4v) is 2.86. The molecule has 0 aliphatic rings. The highest BCUT2D eigenvalue weighted by Crippen LogP contribution is 2.29. The van der Waals surface area contributed by atoms with Crippen LogP contribution in [0.4, 0.5) is 0 Å². The monoisotopic (exact) mass is 337 g/mol. The summed E-state index contributed by atoms with van der Waals surface area (Å²) in [5.74, 6) is 0.133. The highest BCUT2D eigenvalue weighted by molar-refractivity contribution is 7.90. The van der Waals surface area contributed by atoms with Crippen molar-refractivity contribution in [3.05, 3.63) is 42.0 Å². The van der Waals surface area contributed by atoms with E-state index in [1.165, 1.54) is 50.6 Å². The molecule has 2 aromatic carbocycles. The van der Waals surface area contributed by atoms with E-state index in [9.17, 15) is 18.6 Å². The van der Waals surface area contributed by atoms with Crippen molar-refractivity contribution in [3.63, 3.8) is 0 Å². The van der Waals surface area contributed by atoms with Gasteiger partial charge in [0, 0.05) is 17.7 Å². The van der Waals surface area contributed by atoms with E-state index in [0.29, 0.717) is 5.56 Å². The number of phenols is 2. The maximum atomic E-state index is 12.3. The van der Waals surface area contributed by atoms with Gasteiger partial charge in [0.15, 0.2) is 0 Å². The summed E-state index contributed by atoms with van der Waals surface area (Å²) in [7, 11) is -1.35. The molecule has 2 aromatic rings. The Labute approximate surface area is 133 Å². The molecule has 0 aliphatic carbocycles. The number of rotatable bonds is 5. The second-order valence-corrected chi connectivity index (χ2v) is 6.07. The first-order valence-corrected chi connectivity index (χ1v) is 7.85. The Hall–Kier alpha value is -2.74. The minimum atomic E-state index is -4.04. The van der Waals surface area contributed by atoms with Crippen LogP contribution < -0.4 is 9.47 Å². The molecule has 8 heteroatoms. The molecule has 0 aromatic heterocycles. The zero-order valence-electron chi connectivity index (χ0n) is 12.4. The van der Waals surface area contributed by atoms with E-state index in [-0.39, 0.29) is 27.9 Å². The van der Waals surface area contributed by atoms with Gasteiger partial charge in [-0.1, -0.05) is 0 Å². The molecule has 23 heavy (non-hydrogen) atoms. The second-order valence-electron chi connectivity index (χ2n) is 4.47. The summed E-state index contributed by atoms with van der Waals surface area (Å²) in [5.41, 5.74) is 0.381. The molecule has 2 N–H and O–H groups in total. The first-order chi connectivity index (χ1) is 10.9. The predicted octanol–water partition coefficient (Wildman–Crippen LogP) is 1.92. The molecular formula is C15H15NO6S. The number of ether oxygens (including phenoxy) is 2. The molecule has 0 amide bonds. The third-order valence-corrected chi connectivity index (χ3v) is 4.25. The molecule has 0 saturated carbocycles. The van der Waals surface area contributed by atoms with Gasteiger partial charge in [0.25, 0.3) is 10.0 Å². The number of methoxy groups -OCH3 is 2. The van der Waals surface area contributed by atoms with Crippen molar-refractivity contribution >= 4 is 16.2 Å². The van der Waals surface area contributed by atoms with Gasteiger partial charge in [0.1, 0.15) is 27.9 Å². The Kier molecular flexibility index (Phi) is 4.75. The van der Waals surface area contributed by atoms with Crippen molar-refractivity contribution in [1.29, 1.82) is 0 Å². The van der Waals surface area contributed by atoms with Crippen LogP contribution in [0.1, 0.15) is 5.56 Å². The lowest BCUT2D eigenvalue weighted by molar-refractivity contribution is 0.396. The maximum absolute atomic E-state index is 12.3. The molecule has 0 saturated heterocycles. The fraction of sp³-hybridized carbons (Fsp3) is 0.133. The van der Waals surface area contributed by atoms with Crippen molar-refractivity contribution in [2.45, 2.75) is 4.90 Å². The molecule has 0 spiro atoms. The minimum Gasteiger partial charge on any atom is -0.508 e. The van der Waals surface area contributed by atoms with Crippen LogP contribution in [0.15, 0.2) is 45.7 Å². The summed E-state index contributed by atoms with van der Waals surface area (Å²) in [6.45, 7) is 0. The smallest absolute Gasteiger partial charge is 0.285 e. The molecule has 122 valence electrons. The van der Waals surface area contributed by atoms with Crippen LogP contribution in [-0.2, 0) is 10.0 Å². The summed E-state index contributed by atoms with van der Waals surface area (Å²) in [6, 6.07) is 7.82. The van der Waals surface area contributed by atoms with Crippen LogP contribution in [0.5, 0.6) is 23.0 Å². The Balaban J connectivity index is 2.42. The molecule has 0 unspecified atom stereocenters. The van der Waals surface area contributed by atoms with Crippen LogP contribution in [0, 0.1) is 0 Å². The van der Waals surface area contributed by atoms with E-state index in [1.54, 1.807) is 0 Å². The average molecular weight is 337 g/mol. The van der Waals surface area contributed by atoms with Crippen molar-refractivity contribution in [1.82, 2.24) is 0 Å². The van der Waals surface area contributed by atoms with Gasteiger partial charge in [-0.25, -0.2) is 0 Å². The van der Waals surface area contributed by atoms with Gasteiger partial charge < -0.3 is 19.7 Å². The quantitative estimate of drug-likeness (QED) is 0.808. The first-order valence-electron chi connectivity index (χ1n) is 6.41. The Morgan fingerprint density at radius 2 is 1.52 bits per heavy atom. The van der Waals surface area contributed by atoms with E-state index >= 15 is 0 Å². The number of hydrogen-bond donors (Lipinski definition) is 2. The normalized spacial score (nSPS) is 11.6. The molecule has 0 bridgehead atoms. The highest BCUT2D eigenvalue weighted by atomic mass is 32.2. The lowest BCUT2D eigenvalue weighted by atomic mass is 10.2. The van der Waals surface area contributed by atoms with E-state index in [2.05, 4.69) is 4.40 Å². The molecule has 0 aliphatic heterocycles. The SMILES string of the molecule is COc1cc(O)ccc1C=NS(=O)(=O)c1ccc(O)cc1OC. The third-order valence-electron chi connectivity index (χ3n) is 2.97. The summed E-state index contributed by atoms with van der Waals surface area (Å²) < 4.78 is 38.2. The highest BCUT2D eigenvalue weighted by Gasteiger charge is 2.18. The number of nitrogens with zero attached hydrogens (tertiary/aromatic N) is 1. The van der Waals surface area contributed by atoms with Gasteiger partial charge in [-0.3, -0.25) is 0 Å². The molecule has 0 radical (unpaired) electrons. The minimum absolute atomic E-state index is 0.0120. The van der Waals surface area contributed by atoms with Gasteiger partial charge in [-0.15, -0.1) is 0 Å². The maximum Gasteiger partial charge on any atom is 0.285 e. The van der Waals surface area contributed by atoms with Crippen molar-refractivity contribution in [3.8, 4) is 23.0 Å². The Bertz CT molecular complexity index is 845. The zero-order chi connectivity index (χ0) is 17.0. The molecule has 0 heterocycles. The van der Waals surface area contributed by atoms with Gasteiger partial charge in [0.05, 0.1) is 20.4 Å². The Morgan fingerprint density at radius 3 is 2.13 bits per heavy atom. The lowest BCUT2D eigenvalue weighted by Gasteiger charge is -2.07. The molecule has 0 atom stereocenters. The van der Waals surface area contributed by atoms with Crippen LogP contribution >= 0.6 is 0 Å². The van der Waals surface area contributed by atoms with Gasteiger partial charge >= 0.3 is 0 Å². The molecule has 2 rings (SSSR count). The predicted molar refractivity (Wildman–Crippen MR) is 84.1 cm³/mol. The fourth-order valence-electron chi connectivity index (χ4n) is 1.86. The van der Waals surface area contributed by atoms with Crippen LogP contribution in [0.2, 0.25) is 0 Å². The van der Waals surface area contributed by atoms with Crippen LogP contribution in [0.25, 0.3) is 0 Å². The van der Waals surface area contributed by atoms with Crippen molar-refractivity contribution in [2.24, 2.45) is 4.40 Å². The van der Waals surface area contributed by atoms with Gasteiger partial charge in [0.2, 0.25) is 0 Å². The summed E-state index contributed by atoms with van der Waals surface area (Å²) in [6.07, 6.45) is 1.11. The molecule has 0 fully saturated rings. The number of hydrogen-bond acceptors (Lipinski definition) is 6. The zero-order valence-corrected chi connectivity index (χ0v) is 13.2. The number of phenolic OH excluding ortho intramolecular Hbond substituents is 2. The third kappa shape index (κ3) is 3.72. The van der Waals surface area contributed by atoms with Gasteiger partial charge in [-0.2, -0.15) is 12.8 Å². The number of aromatic hydroxyl groups is 2. The Morgan fingerprint density at radius 1 is 0.957 bits per heavy atom. The van der Waals surface area contributed by atoms with Gasteiger partial charge in [-0.05, 0) is 24.3 Å². The number of sulfonamides is 1. The standard InChI is InChI=1S/C15H15NO6S/c1-21-13-7-11(17)4-3-10(13)9-16-23(19,20)15-6-5-12(18)8-14(15)22-2/h3-9,17-18H,1-2H3. The van der Waals surface area contributed by atoms with Crippen molar-refractivity contribution < 1.29 is 28.1 Å². The average Bonchev–Trinajstić information content (AvgIpc) is 2.53. The summed E-state index contributed by atoms with van der Waals surface area (Å²) >= 11 is 0. The topological polar surface area (TPSA) is 105 Å². The number of benzene rings is 2. The van der Waals surface area contributed by atoms with Crippen LogP contribution in [0.3, 0.4) is 0 Å². The second kappa shape index (κ2) is 6.57. The van der Waals surface area contributed by atoms with E-state index < -0.39 is 10.0 Å². The largest absolute Gasteiger partial charge is 0.508 e. The summed E-state index contributed by atoms with van der Waals surface area (Å²) in [4.78, 5) is -0.174. The molecular weight excluding hydrogens is 322 g/mol. The van der Waals surface area contributed by atoms with E-state index in [0.717, 1.165) is 6.21 Å². The van der Waals surface area contributed by atoms with E-state index in [1.807, 2.05) is 0 Å². The van der Waals surface area contributed by atoms with E-state index in [4.69, 9.17) is 9.47 Å².